The third kappa shape index (κ3) is 4.14. The minimum Gasteiger partial charge on any atom is -0.442 e. The topological polar surface area (TPSA) is 107 Å². The first-order valence-corrected chi connectivity index (χ1v) is 9.78. The number of carbonyl (C=O) groups is 3. The molecular weight excluding hydrogens is 395 g/mol. The number of piperazine rings is 1. The van der Waals surface area contributed by atoms with E-state index in [1.54, 1.807) is 12.1 Å². The molecule has 2 fully saturated rings. The predicted octanol–water partition coefficient (Wildman–Crippen LogP) is -0.105. The summed E-state index contributed by atoms with van der Waals surface area (Å²) in [5.41, 5.74) is 0.867. The average molecular weight is 418 g/mol. The molecule has 2 saturated heterocycles. The lowest BCUT2D eigenvalue weighted by atomic mass is 10.2. The van der Waals surface area contributed by atoms with Gasteiger partial charge in [0.25, 0.3) is 5.91 Å². The minimum absolute atomic E-state index is 0.186. The molecule has 10 nitrogen and oxygen atoms in total. The number of anilines is 2. The Labute approximate surface area is 172 Å². The van der Waals surface area contributed by atoms with Gasteiger partial charge in [0.2, 0.25) is 11.9 Å². The Morgan fingerprint density at radius 3 is 2.63 bits per heavy atom. The van der Waals surface area contributed by atoms with Crippen molar-refractivity contribution in [1.29, 1.82) is 0 Å². The van der Waals surface area contributed by atoms with Gasteiger partial charge in [-0.2, -0.15) is 4.99 Å². The number of amides is 3. The van der Waals surface area contributed by atoms with Crippen molar-refractivity contribution in [2.24, 2.45) is 4.99 Å². The fraction of sp³-hybridized carbons (Fsp3) is 0.474. The molecule has 11 heteroatoms. The van der Waals surface area contributed by atoms with Crippen LogP contribution >= 0.6 is 0 Å². The number of ether oxygens (including phenoxy) is 1. The molecule has 0 unspecified atom stereocenters. The van der Waals surface area contributed by atoms with Crippen molar-refractivity contribution in [1.82, 2.24) is 15.5 Å². The second kappa shape index (κ2) is 8.17. The maximum absolute atomic E-state index is 14.8. The number of hydrogen-bond acceptors (Lipinski definition) is 7. The first-order valence-electron chi connectivity index (χ1n) is 9.78. The van der Waals surface area contributed by atoms with Gasteiger partial charge in [-0.25, -0.2) is 9.18 Å². The first-order chi connectivity index (χ1) is 14.4. The molecule has 0 aliphatic carbocycles. The van der Waals surface area contributed by atoms with Crippen LogP contribution in [0.4, 0.5) is 20.6 Å². The Bertz CT molecular complexity index is 899. The van der Waals surface area contributed by atoms with Crippen molar-refractivity contribution in [3.8, 4) is 0 Å². The second-order valence-electron chi connectivity index (χ2n) is 7.35. The fourth-order valence-corrected chi connectivity index (χ4v) is 3.71. The van der Waals surface area contributed by atoms with E-state index >= 15 is 0 Å². The molecule has 0 saturated carbocycles. The van der Waals surface area contributed by atoms with E-state index in [0.29, 0.717) is 43.5 Å². The SMILES string of the molecule is CC(=O)NC[C@H]1CN(c2ccc(N3CCN(C4=NC(=O)CN4)CC3)c(F)c2)C(=O)O1. The van der Waals surface area contributed by atoms with Crippen LogP contribution < -0.4 is 20.4 Å². The summed E-state index contributed by atoms with van der Waals surface area (Å²) in [6.07, 6.45) is -1.04. The van der Waals surface area contributed by atoms with Gasteiger partial charge in [-0.3, -0.25) is 14.5 Å². The van der Waals surface area contributed by atoms with Gasteiger partial charge in [0.15, 0.2) is 0 Å². The van der Waals surface area contributed by atoms with Gasteiger partial charge in [0.05, 0.1) is 31.0 Å². The van der Waals surface area contributed by atoms with E-state index in [2.05, 4.69) is 15.6 Å². The van der Waals surface area contributed by atoms with Crippen LogP contribution in [0.5, 0.6) is 0 Å². The molecule has 30 heavy (non-hydrogen) atoms. The van der Waals surface area contributed by atoms with Crippen LogP contribution in [0.1, 0.15) is 6.92 Å². The summed E-state index contributed by atoms with van der Waals surface area (Å²) in [6, 6.07) is 4.67. The van der Waals surface area contributed by atoms with Gasteiger partial charge < -0.3 is 25.2 Å². The predicted molar refractivity (Wildman–Crippen MR) is 107 cm³/mol. The Morgan fingerprint density at radius 2 is 2.00 bits per heavy atom. The van der Waals surface area contributed by atoms with E-state index in [0.717, 1.165) is 0 Å². The molecule has 3 heterocycles. The van der Waals surface area contributed by atoms with Gasteiger partial charge in [-0.1, -0.05) is 0 Å². The van der Waals surface area contributed by atoms with Gasteiger partial charge in [-0.05, 0) is 18.2 Å². The maximum atomic E-state index is 14.8. The number of guanidine groups is 1. The molecule has 1 aromatic rings. The van der Waals surface area contributed by atoms with Crippen molar-refractivity contribution >= 4 is 35.2 Å². The lowest BCUT2D eigenvalue weighted by molar-refractivity contribution is -0.119. The number of carbonyl (C=O) groups excluding carboxylic acids is 3. The summed E-state index contributed by atoms with van der Waals surface area (Å²) >= 11 is 0. The van der Waals surface area contributed by atoms with E-state index in [4.69, 9.17) is 4.74 Å². The molecule has 4 rings (SSSR count). The van der Waals surface area contributed by atoms with E-state index in [-0.39, 0.29) is 31.4 Å². The normalized spacial score (nSPS) is 21.5. The Kier molecular flexibility index (Phi) is 5.42. The third-order valence-electron chi connectivity index (χ3n) is 5.24. The number of halogens is 1. The molecule has 3 aliphatic rings. The standard InChI is InChI=1S/C19H23FN6O4/c1-12(27)21-9-14-11-26(19(29)30-14)13-2-3-16(15(20)8-13)24-4-6-25(7-5-24)18-22-10-17(28)23-18/h2-3,8,14H,4-7,9-11H2,1H3,(H,21,27)(H,22,23,28)/t14-/m0/s1. The molecule has 0 radical (unpaired) electrons. The summed E-state index contributed by atoms with van der Waals surface area (Å²) in [5.74, 6) is -0.237. The zero-order valence-corrected chi connectivity index (χ0v) is 16.6. The Hall–Kier alpha value is -3.37. The smallest absolute Gasteiger partial charge is 0.414 e. The largest absolute Gasteiger partial charge is 0.442 e. The van der Waals surface area contributed by atoms with Crippen molar-refractivity contribution in [2.75, 3.05) is 55.6 Å². The van der Waals surface area contributed by atoms with Crippen molar-refractivity contribution in [3.05, 3.63) is 24.0 Å². The van der Waals surface area contributed by atoms with Gasteiger partial charge in [0.1, 0.15) is 11.9 Å². The van der Waals surface area contributed by atoms with E-state index in [9.17, 15) is 18.8 Å². The van der Waals surface area contributed by atoms with Crippen LogP contribution in [0.2, 0.25) is 0 Å². The quantitative estimate of drug-likeness (QED) is 0.703. The highest BCUT2D eigenvalue weighted by Crippen LogP contribution is 2.28. The monoisotopic (exact) mass is 418 g/mol. The first kappa shape index (κ1) is 19.9. The molecule has 0 bridgehead atoms. The van der Waals surface area contributed by atoms with Gasteiger partial charge in [0, 0.05) is 33.1 Å². The molecule has 0 spiro atoms. The lowest BCUT2D eigenvalue weighted by Crippen LogP contribution is -2.51. The molecule has 2 N–H and O–H groups in total. The minimum atomic E-state index is -0.564. The zero-order chi connectivity index (χ0) is 21.3. The summed E-state index contributed by atoms with van der Waals surface area (Å²) in [4.78, 5) is 43.6. The van der Waals surface area contributed by atoms with E-state index in [1.165, 1.54) is 17.9 Å². The number of benzene rings is 1. The third-order valence-corrected chi connectivity index (χ3v) is 5.24. The number of cyclic esters (lactones) is 1. The highest BCUT2D eigenvalue weighted by Gasteiger charge is 2.33. The maximum Gasteiger partial charge on any atom is 0.414 e. The van der Waals surface area contributed by atoms with Gasteiger partial charge in [-0.15, -0.1) is 0 Å². The average Bonchev–Trinajstić information content (AvgIpc) is 3.32. The highest BCUT2D eigenvalue weighted by atomic mass is 19.1. The lowest BCUT2D eigenvalue weighted by Gasteiger charge is -2.37. The number of aliphatic imine (C=N–C) groups is 1. The van der Waals surface area contributed by atoms with Crippen LogP contribution in [0, 0.1) is 5.82 Å². The van der Waals surface area contributed by atoms with Crippen molar-refractivity contribution in [2.45, 2.75) is 13.0 Å². The molecule has 1 aromatic carbocycles. The zero-order valence-electron chi connectivity index (χ0n) is 16.6. The van der Waals surface area contributed by atoms with Crippen molar-refractivity contribution < 1.29 is 23.5 Å². The Balaban J connectivity index is 1.38. The molecular formula is C19H23FN6O4. The fourth-order valence-electron chi connectivity index (χ4n) is 3.71. The van der Waals surface area contributed by atoms with Crippen LogP contribution in [0.25, 0.3) is 0 Å². The number of hydrogen-bond donors (Lipinski definition) is 2. The van der Waals surface area contributed by atoms with Crippen LogP contribution in [0.3, 0.4) is 0 Å². The van der Waals surface area contributed by atoms with E-state index < -0.39 is 18.0 Å². The summed E-state index contributed by atoms with van der Waals surface area (Å²) in [6.45, 7) is 4.45. The molecule has 0 aromatic heterocycles. The molecule has 3 amide bonds. The molecule has 160 valence electrons. The second-order valence-corrected chi connectivity index (χ2v) is 7.35. The van der Waals surface area contributed by atoms with Crippen molar-refractivity contribution in [3.63, 3.8) is 0 Å². The summed E-state index contributed by atoms with van der Waals surface area (Å²) in [7, 11) is 0. The molecule has 3 aliphatic heterocycles. The van der Waals surface area contributed by atoms with Crippen LogP contribution in [-0.2, 0) is 14.3 Å². The highest BCUT2D eigenvalue weighted by molar-refractivity contribution is 6.00. The summed E-state index contributed by atoms with van der Waals surface area (Å²) < 4.78 is 20.1. The van der Waals surface area contributed by atoms with Crippen LogP contribution in [0.15, 0.2) is 23.2 Å². The number of nitrogens with zero attached hydrogens (tertiary/aromatic N) is 4. The molecule has 1 atom stereocenters. The van der Waals surface area contributed by atoms with E-state index in [1.807, 2.05) is 9.80 Å². The number of nitrogens with one attached hydrogen (secondary N) is 2. The van der Waals surface area contributed by atoms with Gasteiger partial charge >= 0.3 is 6.09 Å². The summed E-state index contributed by atoms with van der Waals surface area (Å²) in [5, 5.41) is 5.58. The Morgan fingerprint density at radius 1 is 1.27 bits per heavy atom. The van der Waals surface area contributed by atoms with Crippen LogP contribution in [-0.4, -0.2) is 80.7 Å². The number of rotatable bonds is 4.